The molecule has 0 saturated carbocycles. The van der Waals surface area contributed by atoms with Crippen molar-refractivity contribution < 1.29 is 19.1 Å². The SMILES string of the molecule is CCCc1cc(C(=O)OCC)c(NC(=O)CC2S/C(=N\c3ncccn3)NC2=O)s1. The van der Waals surface area contributed by atoms with Crippen LogP contribution in [-0.2, 0) is 20.7 Å². The number of hydrogen-bond acceptors (Lipinski definition) is 9. The number of nitrogens with one attached hydrogen (secondary N) is 2. The molecule has 3 heterocycles. The lowest BCUT2D eigenvalue weighted by molar-refractivity contribution is -0.122. The average molecular weight is 448 g/mol. The molecule has 0 aliphatic carbocycles. The molecule has 11 heteroatoms. The zero-order chi connectivity index (χ0) is 21.5. The maximum Gasteiger partial charge on any atom is 0.341 e. The summed E-state index contributed by atoms with van der Waals surface area (Å²) in [7, 11) is 0. The summed E-state index contributed by atoms with van der Waals surface area (Å²) < 4.78 is 5.08. The zero-order valence-electron chi connectivity index (χ0n) is 16.5. The molecule has 1 aliphatic heterocycles. The minimum atomic E-state index is -0.631. The lowest BCUT2D eigenvalue weighted by Crippen LogP contribution is -2.28. The summed E-state index contributed by atoms with van der Waals surface area (Å²) in [5, 5.41) is 5.55. The van der Waals surface area contributed by atoms with Crippen molar-refractivity contribution in [3.8, 4) is 0 Å². The second-order valence-corrected chi connectivity index (χ2v) is 8.57. The van der Waals surface area contributed by atoms with Gasteiger partial charge in [0.25, 0.3) is 5.95 Å². The molecule has 9 nitrogen and oxygen atoms in total. The number of aryl methyl sites for hydroxylation is 1. The number of thioether (sulfide) groups is 1. The molecule has 1 atom stereocenters. The van der Waals surface area contributed by atoms with Gasteiger partial charge in [-0.3, -0.25) is 9.59 Å². The second-order valence-electron chi connectivity index (χ2n) is 6.24. The summed E-state index contributed by atoms with van der Waals surface area (Å²) in [4.78, 5) is 50.1. The van der Waals surface area contributed by atoms with E-state index in [0.29, 0.717) is 15.7 Å². The maximum atomic E-state index is 12.6. The van der Waals surface area contributed by atoms with Crippen molar-refractivity contribution >= 4 is 57.0 Å². The molecule has 30 heavy (non-hydrogen) atoms. The number of carbonyl (C=O) groups excluding carboxylic acids is 3. The van der Waals surface area contributed by atoms with E-state index in [0.717, 1.165) is 29.5 Å². The highest BCUT2D eigenvalue weighted by Crippen LogP contribution is 2.31. The van der Waals surface area contributed by atoms with Crippen molar-refractivity contribution in [2.24, 2.45) is 4.99 Å². The van der Waals surface area contributed by atoms with Crippen molar-refractivity contribution in [3.63, 3.8) is 0 Å². The third-order valence-electron chi connectivity index (χ3n) is 3.93. The molecule has 2 N–H and O–H groups in total. The number of hydrogen-bond donors (Lipinski definition) is 2. The minimum absolute atomic E-state index is 0.0611. The van der Waals surface area contributed by atoms with Crippen LogP contribution in [0, 0.1) is 0 Å². The van der Waals surface area contributed by atoms with Crippen molar-refractivity contribution in [2.75, 3.05) is 11.9 Å². The number of aliphatic imine (C=N–C) groups is 1. The average Bonchev–Trinajstić information content (AvgIpc) is 3.26. The van der Waals surface area contributed by atoms with Crippen LogP contribution in [0.25, 0.3) is 0 Å². The summed E-state index contributed by atoms with van der Waals surface area (Å²) in [5.41, 5.74) is 0.339. The lowest BCUT2D eigenvalue weighted by Gasteiger charge is -2.08. The number of nitrogens with zero attached hydrogens (tertiary/aromatic N) is 3. The standard InChI is InChI=1S/C19H21N5O4S2/c1-3-6-11-9-12(17(27)28-4-2)16(29-11)22-14(25)10-13-15(26)23-19(30-13)24-18-20-7-5-8-21-18/h5,7-9,13H,3-4,6,10H2,1-2H3,(H,22,25)(H,20,21,23,24,26). The molecule has 1 saturated heterocycles. The molecular formula is C19H21N5O4S2. The topological polar surface area (TPSA) is 123 Å². The number of rotatable bonds is 8. The van der Waals surface area contributed by atoms with Gasteiger partial charge in [-0.2, -0.15) is 4.99 Å². The quantitative estimate of drug-likeness (QED) is 0.597. The van der Waals surface area contributed by atoms with Crippen LogP contribution >= 0.6 is 23.1 Å². The van der Waals surface area contributed by atoms with E-state index in [1.54, 1.807) is 31.5 Å². The third-order valence-corrected chi connectivity index (χ3v) is 6.12. The Morgan fingerprint density at radius 1 is 1.30 bits per heavy atom. The fourth-order valence-electron chi connectivity index (χ4n) is 2.64. The fraction of sp³-hybridized carbons (Fsp3) is 0.368. The molecule has 1 aliphatic rings. The van der Waals surface area contributed by atoms with Gasteiger partial charge in [-0.25, -0.2) is 14.8 Å². The largest absolute Gasteiger partial charge is 0.462 e. The van der Waals surface area contributed by atoms with Crippen LogP contribution in [0.3, 0.4) is 0 Å². The number of amides is 2. The number of amidine groups is 1. The summed E-state index contributed by atoms with van der Waals surface area (Å²) in [6.07, 6.45) is 4.76. The van der Waals surface area contributed by atoms with E-state index in [1.807, 2.05) is 6.92 Å². The molecule has 0 aromatic carbocycles. The van der Waals surface area contributed by atoms with Crippen molar-refractivity contribution in [3.05, 3.63) is 35.0 Å². The number of carbonyl (C=O) groups is 3. The third kappa shape index (κ3) is 5.63. The maximum absolute atomic E-state index is 12.6. The molecule has 0 bridgehead atoms. The number of ether oxygens (including phenoxy) is 1. The highest BCUT2D eigenvalue weighted by Gasteiger charge is 2.33. The molecule has 0 spiro atoms. The summed E-state index contributed by atoms with van der Waals surface area (Å²) in [6, 6.07) is 3.42. The van der Waals surface area contributed by atoms with E-state index < -0.39 is 11.2 Å². The first-order valence-corrected chi connectivity index (χ1v) is 11.1. The lowest BCUT2D eigenvalue weighted by atomic mass is 10.2. The Morgan fingerprint density at radius 2 is 2.07 bits per heavy atom. The van der Waals surface area contributed by atoms with Crippen LogP contribution in [-0.4, -0.2) is 44.8 Å². The second kappa shape index (κ2) is 10.3. The van der Waals surface area contributed by atoms with Crippen LogP contribution in [0.1, 0.15) is 41.9 Å². The van der Waals surface area contributed by atoms with Crippen LogP contribution < -0.4 is 10.6 Å². The van der Waals surface area contributed by atoms with Gasteiger partial charge in [-0.1, -0.05) is 25.1 Å². The number of thiophene rings is 1. The number of esters is 1. The molecule has 158 valence electrons. The van der Waals surface area contributed by atoms with E-state index in [1.165, 1.54) is 11.3 Å². The molecule has 0 radical (unpaired) electrons. The van der Waals surface area contributed by atoms with Gasteiger partial charge < -0.3 is 15.4 Å². The molecule has 2 aromatic rings. The molecule has 2 aromatic heterocycles. The first-order valence-electron chi connectivity index (χ1n) is 9.43. The summed E-state index contributed by atoms with van der Waals surface area (Å²) in [6.45, 7) is 4.01. The first kappa shape index (κ1) is 21.9. The summed E-state index contributed by atoms with van der Waals surface area (Å²) >= 11 is 2.49. The van der Waals surface area contributed by atoms with E-state index in [2.05, 4.69) is 25.6 Å². The van der Waals surface area contributed by atoms with E-state index in [4.69, 9.17) is 4.74 Å². The van der Waals surface area contributed by atoms with Crippen molar-refractivity contribution in [2.45, 2.75) is 38.4 Å². The number of anilines is 1. The molecule has 2 amide bonds. The Balaban J connectivity index is 1.66. The molecule has 3 rings (SSSR count). The van der Waals surface area contributed by atoms with E-state index >= 15 is 0 Å². The molecule has 1 unspecified atom stereocenters. The predicted octanol–water partition coefficient (Wildman–Crippen LogP) is 2.92. The molecule has 1 fully saturated rings. The Bertz CT molecular complexity index is 961. The fourth-order valence-corrected chi connectivity index (χ4v) is 4.77. The van der Waals surface area contributed by atoms with Crippen LogP contribution in [0.5, 0.6) is 0 Å². The van der Waals surface area contributed by atoms with Crippen molar-refractivity contribution in [1.29, 1.82) is 0 Å². The summed E-state index contributed by atoms with van der Waals surface area (Å²) in [5.74, 6) is -0.924. The van der Waals surface area contributed by atoms with Gasteiger partial charge >= 0.3 is 5.97 Å². The Morgan fingerprint density at radius 3 is 2.77 bits per heavy atom. The Hall–Kier alpha value is -2.79. The normalized spacial score (nSPS) is 17.1. The monoisotopic (exact) mass is 447 g/mol. The minimum Gasteiger partial charge on any atom is -0.462 e. The van der Waals surface area contributed by atoms with Crippen LogP contribution in [0.2, 0.25) is 0 Å². The van der Waals surface area contributed by atoms with Gasteiger partial charge in [0.2, 0.25) is 11.8 Å². The van der Waals surface area contributed by atoms with Gasteiger partial charge in [-0.15, -0.1) is 11.3 Å². The Labute approximate surface area is 181 Å². The van der Waals surface area contributed by atoms with E-state index in [9.17, 15) is 14.4 Å². The highest BCUT2D eigenvalue weighted by molar-refractivity contribution is 8.15. The van der Waals surface area contributed by atoms with Gasteiger partial charge in [0.05, 0.1) is 12.2 Å². The van der Waals surface area contributed by atoms with Crippen LogP contribution in [0.4, 0.5) is 10.9 Å². The van der Waals surface area contributed by atoms with Gasteiger partial charge in [-0.05, 0) is 25.5 Å². The van der Waals surface area contributed by atoms with Gasteiger partial charge in [0.1, 0.15) is 10.3 Å². The Kier molecular flexibility index (Phi) is 7.52. The molecular weight excluding hydrogens is 426 g/mol. The predicted molar refractivity (Wildman–Crippen MR) is 116 cm³/mol. The van der Waals surface area contributed by atoms with Crippen molar-refractivity contribution in [1.82, 2.24) is 15.3 Å². The van der Waals surface area contributed by atoms with E-state index in [-0.39, 0.29) is 30.8 Å². The smallest absolute Gasteiger partial charge is 0.341 e. The van der Waals surface area contributed by atoms with Gasteiger partial charge in [0.15, 0.2) is 5.17 Å². The van der Waals surface area contributed by atoms with Crippen LogP contribution in [0.15, 0.2) is 29.5 Å². The van der Waals surface area contributed by atoms with Gasteiger partial charge in [0, 0.05) is 23.7 Å². The first-order chi connectivity index (χ1) is 14.5. The number of aromatic nitrogens is 2. The zero-order valence-corrected chi connectivity index (χ0v) is 18.1. The highest BCUT2D eigenvalue weighted by atomic mass is 32.2.